The number of rotatable bonds is 6. The molecule has 0 aliphatic rings. The van der Waals surface area contributed by atoms with Gasteiger partial charge in [-0.05, 0) is 36.4 Å². The van der Waals surface area contributed by atoms with Crippen LogP contribution in [0, 0.1) is 5.82 Å². The monoisotopic (exact) mass is 380 g/mol. The van der Waals surface area contributed by atoms with Crippen LogP contribution in [0.15, 0.2) is 60.2 Å². The first-order chi connectivity index (χ1) is 13.2. The van der Waals surface area contributed by atoms with Crippen molar-refractivity contribution in [2.75, 3.05) is 0 Å². The topological polar surface area (TPSA) is 59.3 Å². The lowest BCUT2D eigenvalue weighted by Gasteiger charge is -2.04. The second-order valence-corrected chi connectivity index (χ2v) is 7.02. The molecular formula is C20H17FN4OS. The molecule has 0 fully saturated rings. The number of benzene rings is 1. The Hall–Kier alpha value is -3.06. The summed E-state index contributed by atoms with van der Waals surface area (Å²) < 4.78 is 15.0. The summed E-state index contributed by atoms with van der Waals surface area (Å²) in [6.07, 6.45) is 4.64. The van der Waals surface area contributed by atoms with Gasteiger partial charge in [0.05, 0.1) is 29.0 Å². The number of aromatic nitrogens is 3. The fourth-order valence-corrected chi connectivity index (χ4v) is 3.60. The van der Waals surface area contributed by atoms with Gasteiger partial charge in [-0.15, -0.1) is 11.3 Å². The van der Waals surface area contributed by atoms with E-state index in [0.717, 1.165) is 27.6 Å². The van der Waals surface area contributed by atoms with Crippen LogP contribution >= 0.6 is 11.3 Å². The van der Waals surface area contributed by atoms with Gasteiger partial charge in [-0.25, -0.2) is 14.4 Å². The Bertz CT molecular complexity index is 1070. The SMILES string of the molecule is O=C(CCc1nc(-c2ccc(F)cc2)cs1)NCc1ncc2ccccn12. The van der Waals surface area contributed by atoms with E-state index in [9.17, 15) is 9.18 Å². The van der Waals surface area contributed by atoms with Crippen LogP contribution in [-0.4, -0.2) is 20.3 Å². The average Bonchev–Trinajstić information content (AvgIpc) is 3.32. The van der Waals surface area contributed by atoms with Gasteiger partial charge in [0.15, 0.2) is 0 Å². The van der Waals surface area contributed by atoms with E-state index >= 15 is 0 Å². The first kappa shape index (κ1) is 17.4. The molecule has 1 aromatic carbocycles. The number of carbonyl (C=O) groups is 1. The highest BCUT2D eigenvalue weighted by atomic mass is 32.1. The van der Waals surface area contributed by atoms with Crippen LogP contribution in [0.5, 0.6) is 0 Å². The second kappa shape index (κ2) is 7.67. The van der Waals surface area contributed by atoms with Crippen LogP contribution in [0.3, 0.4) is 0 Å². The van der Waals surface area contributed by atoms with Gasteiger partial charge in [-0.3, -0.25) is 4.79 Å². The van der Waals surface area contributed by atoms with Crippen molar-refractivity contribution >= 4 is 22.8 Å². The number of amides is 1. The molecule has 0 saturated heterocycles. The predicted molar refractivity (Wildman–Crippen MR) is 103 cm³/mol. The molecule has 1 amide bonds. The van der Waals surface area contributed by atoms with Crippen LogP contribution in [0.1, 0.15) is 17.3 Å². The second-order valence-electron chi connectivity index (χ2n) is 6.08. The molecule has 4 aromatic rings. The summed E-state index contributed by atoms with van der Waals surface area (Å²) in [5.74, 6) is 0.490. The minimum atomic E-state index is -0.267. The zero-order valence-electron chi connectivity index (χ0n) is 14.4. The first-order valence-electron chi connectivity index (χ1n) is 8.57. The van der Waals surface area contributed by atoms with Gasteiger partial charge >= 0.3 is 0 Å². The standard InChI is InChI=1S/C20H17FN4OS/c21-15-6-4-14(5-7-15)17-13-27-20(24-17)9-8-19(26)23-12-18-22-11-16-3-1-2-10-25(16)18/h1-7,10-11,13H,8-9,12H2,(H,23,26). The summed E-state index contributed by atoms with van der Waals surface area (Å²) in [4.78, 5) is 21.0. The summed E-state index contributed by atoms with van der Waals surface area (Å²) in [6.45, 7) is 0.385. The largest absolute Gasteiger partial charge is 0.349 e. The molecule has 5 nitrogen and oxygen atoms in total. The number of pyridine rings is 1. The predicted octanol–water partition coefficient (Wildman–Crippen LogP) is 3.85. The highest BCUT2D eigenvalue weighted by molar-refractivity contribution is 7.09. The minimum absolute atomic E-state index is 0.0405. The molecular weight excluding hydrogens is 363 g/mol. The highest BCUT2D eigenvalue weighted by Crippen LogP contribution is 2.22. The number of carbonyl (C=O) groups excluding carboxylic acids is 1. The number of hydrogen-bond donors (Lipinski definition) is 1. The highest BCUT2D eigenvalue weighted by Gasteiger charge is 2.09. The van der Waals surface area contributed by atoms with Gasteiger partial charge in [0.2, 0.25) is 5.91 Å². The van der Waals surface area contributed by atoms with Crippen molar-refractivity contribution in [3.8, 4) is 11.3 Å². The number of fused-ring (bicyclic) bond motifs is 1. The molecule has 0 unspecified atom stereocenters. The van der Waals surface area contributed by atoms with E-state index in [-0.39, 0.29) is 11.7 Å². The summed E-state index contributed by atoms with van der Waals surface area (Å²) in [6, 6.07) is 12.1. The van der Waals surface area contributed by atoms with E-state index in [0.29, 0.717) is 19.4 Å². The minimum Gasteiger partial charge on any atom is -0.349 e. The molecule has 3 aromatic heterocycles. The maximum atomic E-state index is 13.0. The molecule has 0 aliphatic carbocycles. The maximum absolute atomic E-state index is 13.0. The van der Waals surface area contributed by atoms with Crippen LogP contribution in [0.25, 0.3) is 16.8 Å². The van der Waals surface area contributed by atoms with E-state index in [1.165, 1.54) is 23.5 Å². The Labute approximate surface area is 159 Å². The number of hydrogen-bond acceptors (Lipinski definition) is 4. The summed E-state index contributed by atoms with van der Waals surface area (Å²) in [5.41, 5.74) is 2.67. The number of halogens is 1. The number of aryl methyl sites for hydroxylation is 1. The zero-order valence-corrected chi connectivity index (χ0v) is 15.2. The number of nitrogens with zero attached hydrogens (tertiary/aromatic N) is 3. The fraction of sp³-hybridized carbons (Fsp3) is 0.150. The van der Waals surface area contributed by atoms with Gasteiger partial charge in [0.1, 0.15) is 11.6 Å². The molecule has 136 valence electrons. The van der Waals surface area contributed by atoms with Gasteiger partial charge in [-0.2, -0.15) is 0 Å². The third-order valence-corrected chi connectivity index (χ3v) is 5.13. The van der Waals surface area contributed by atoms with Crippen molar-refractivity contribution < 1.29 is 9.18 Å². The van der Waals surface area contributed by atoms with Crippen molar-refractivity contribution in [3.63, 3.8) is 0 Å². The molecule has 0 saturated carbocycles. The third kappa shape index (κ3) is 4.03. The van der Waals surface area contributed by atoms with Crippen LogP contribution in [-0.2, 0) is 17.8 Å². The van der Waals surface area contributed by atoms with Crippen LogP contribution in [0.2, 0.25) is 0 Å². The van der Waals surface area contributed by atoms with Crippen molar-refractivity contribution in [2.24, 2.45) is 0 Å². The van der Waals surface area contributed by atoms with E-state index in [4.69, 9.17) is 0 Å². The third-order valence-electron chi connectivity index (χ3n) is 4.22. The van der Waals surface area contributed by atoms with Gasteiger partial charge in [-0.1, -0.05) is 6.07 Å². The summed E-state index contributed by atoms with van der Waals surface area (Å²) in [5, 5.41) is 5.72. The lowest BCUT2D eigenvalue weighted by molar-refractivity contribution is -0.121. The van der Waals surface area contributed by atoms with Crippen molar-refractivity contribution in [1.82, 2.24) is 19.7 Å². The molecule has 0 bridgehead atoms. The number of nitrogens with one attached hydrogen (secondary N) is 1. The van der Waals surface area contributed by atoms with Crippen molar-refractivity contribution in [1.29, 1.82) is 0 Å². The van der Waals surface area contributed by atoms with E-state index in [1.807, 2.05) is 34.2 Å². The quantitative estimate of drug-likeness (QED) is 0.553. The average molecular weight is 380 g/mol. The van der Waals surface area contributed by atoms with E-state index < -0.39 is 0 Å². The van der Waals surface area contributed by atoms with Gasteiger partial charge in [0.25, 0.3) is 0 Å². The lowest BCUT2D eigenvalue weighted by atomic mass is 10.2. The Morgan fingerprint density at radius 2 is 2.04 bits per heavy atom. The van der Waals surface area contributed by atoms with Gasteiger partial charge < -0.3 is 9.72 Å². The molecule has 0 spiro atoms. The molecule has 0 atom stereocenters. The smallest absolute Gasteiger partial charge is 0.220 e. The fourth-order valence-electron chi connectivity index (χ4n) is 2.80. The summed E-state index contributed by atoms with van der Waals surface area (Å²) in [7, 11) is 0. The lowest BCUT2D eigenvalue weighted by Crippen LogP contribution is -2.24. The molecule has 1 N–H and O–H groups in total. The Balaban J connectivity index is 1.31. The van der Waals surface area contributed by atoms with Crippen LogP contribution in [0.4, 0.5) is 4.39 Å². The normalized spacial score (nSPS) is 11.0. The Morgan fingerprint density at radius 1 is 1.19 bits per heavy atom. The maximum Gasteiger partial charge on any atom is 0.220 e. The molecule has 0 radical (unpaired) electrons. The molecule has 27 heavy (non-hydrogen) atoms. The molecule has 4 rings (SSSR count). The van der Waals surface area contributed by atoms with E-state index in [1.54, 1.807) is 18.3 Å². The summed E-state index contributed by atoms with van der Waals surface area (Å²) >= 11 is 1.51. The van der Waals surface area contributed by atoms with Crippen molar-refractivity contribution in [2.45, 2.75) is 19.4 Å². The zero-order chi connectivity index (χ0) is 18.6. The Kier molecular flexibility index (Phi) is 4.93. The number of imidazole rings is 1. The first-order valence-corrected chi connectivity index (χ1v) is 9.45. The molecule has 0 aliphatic heterocycles. The van der Waals surface area contributed by atoms with E-state index in [2.05, 4.69) is 15.3 Å². The number of thiazole rings is 1. The van der Waals surface area contributed by atoms with Crippen LogP contribution < -0.4 is 5.32 Å². The molecule has 3 heterocycles. The van der Waals surface area contributed by atoms with Crippen molar-refractivity contribution in [3.05, 3.63) is 76.9 Å². The Morgan fingerprint density at radius 3 is 2.89 bits per heavy atom. The van der Waals surface area contributed by atoms with Gasteiger partial charge in [0, 0.05) is 30.0 Å². The molecule has 7 heteroatoms.